The lowest BCUT2D eigenvalue weighted by Gasteiger charge is -2.38. The number of hydrogen-bond donors (Lipinski definition) is 0. The smallest absolute Gasteiger partial charge is 0.171 e. The fraction of sp³-hybridized carbons (Fsp3) is 0.471. The molecule has 2 aliphatic heterocycles. The highest BCUT2D eigenvalue weighted by atomic mass is 16.7. The summed E-state index contributed by atoms with van der Waals surface area (Å²) in [6, 6.07) is 4.00. The summed E-state index contributed by atoms with van der Waals surface area (Å²) in [5.74, 6) is 2.43. The van der Waals surface area contributed by atoms with E-state index in [-0.39, 0.29) is 5.79 Å². The molecule has 5 heterocycles. The number of ether oxygens (including phenoxy) is 2. The maximum Gasteiger partial charge on any atom is 0.171 e. The zero-order valence-corrected chi connectivity index (χ0v) is 14.1. The fourth-order valence-corrected chi connectivity index (χ4v) is 3.70. The minimum atomic E-state index is -0.374. The van der Waals surface area contributed by atoms with Crippen molar-refractivity contribution in [1.29, 1.82) is 0 Å². The fourth-order valence-electron chi connectivity index (χ4n) is 3.70. The van der Waals surface area contributed by atoms with E-state index in [1.165, 1.54) is 0 Å². The summed E-state index contributed by atoms with van der Waals surface area (Å²) in [5.41, 5.74) is 0.828. The van der Waals surface area contributed by atoms with Gasteiger partial charge < -0.3 is 14.4 Å². The Bertz CT molecular complexity index is 901. The van der Waals surface area contributed by atoms with E-state index in [2.05, 4.69) is 21.0 Å². The number of rotatable bonds is 2. The largest absolute Gasteiger partial charge is 0.356 e. The average molecular weight is 340 g/mol. The molecule has 0 unspecified atom stereocenters. The number of anilines is 1. The number of imidazole rings is 1. The molecule has 0 atom stereocenters. The van der Waals surface area contributed by atoms with E-state index in [9.17, 15) is 0 Å². The van der Waals surface area contributed by atoms with Crippen molar-refractivity contribution in [2.75, 3.05) is 31.2 Å². The first-order valence-electron chi connectivity index (χ1n) is 8.62. The van der Waals surface area contributed by atoms with E-state index < -0.39 is 0 Å². The van der Waals surface area contributed by atoms with Crippen LogP contribution in [0.2, 0.25) is 0 Å². The van der Waals surface area contributed by atoms with Crippen LogP contribution in [0.1, 0.15) is 18.7 Å². The molecule has 3 aromatic heterocycles. The molecule has 3 aromatic rings. The molecule has 130 valence electrons. The SMILES string of the molecule is Cc1nccn1-c1cc(N2CCC3(CC2)OCCO3)nc2ccnn12. The van der Waals surface area contributed by atoms with E-state index in [0.29, 0.717) is 13.2 Å². The summed E-state index contributed by atoms with van der Waals surface area (Å²) in [6.45, 7) is 5.10. The van der Waals surface area contributed by atoms with Crippen LogP contribution in [0, 0.1) is 6.92 Å². The molecule has 2 saturated heterocycles. The number of fused-ring (bicyclic) bond motifs is 1. The quantitative estimate of drug-likeness (QED) is 0.705. The third kappa shape index (κ3) is 2.40. The van der Waals surface area contributed by atoms with Gasteiger partial charge >= 0.3 is 0 Å². The normalized spacial score (nSPS) is 20.0. The molecule has 2 fully saturated rings. The van der Waals surface area contributed by atoms with Gasteiger partial charge in [-0.25, -0.2) is 9.97 Å². The first-order chi connectivity index (χ1) is 12.2. The van der Waals surface area contributed by atoms with Crippen molar-refractivity contribution in [3.8, 4) is 5.82 Å². The van der Waals surface area contributed by atoms with Crippen LogP contribution in [0.25, 0.3) is 11.5 Å². The molecule has 0 N–H and O–H groups in total. The Labute approximate surface area is 145 Å². The molecule has 1 spiro atoms. The maximum atomic E-state index is 5.83. The third-order valence-corrected chi connectivity index (χ3v) is 5.06. The van der Waals surface area contributed by atoms with Crippen molar-refractivity contribution < 1.29 is 9.47 Å². The zero-order chi connectivity index (χ0) is 16.9. The minimum Gasteiger partial charge on any atom is -0.356 e. The summed E-state index contributed by atoms with van der Waals surface area (Å²) in [5, 5.41) is 4.41. The van der Waals surface area contributed by atoms with Crippen LogP contribution < -0.4 is 4.90 Å². The van der Waals surface area contributed by atoms with Gasteiger partial charge in [0.2, 0.25) is 0 Å². The Morgan fingerprint density at radius 1 is 1.12 bits per heavy atom. The number of aromatic nitrogens is 5. The Kier molecular flexibility index (Phi) is 3.29. The first-order valence-corrected chi connectivity index (χ1v) is 8.62. The predicted octanol–water partition coefficient (Wildman–Crippen LogP) is 1.57. The highest BCUT2D eigenvalue weighted by Gasteiger charge is 2.40. The standard InChI is InChI=1S/C17H20N6O2/c1-13-18-6-9-22(13)16-12-15(20-14-2-5-19-23(14)16)21-7-3-17(4-8-21)24-10-11-25-17/h2,5-6,9,12H,3-4,7-8,10-11H2,1H3. The zero-order valence-electron chi connectivity index (χ0n) is 14.1. The second kappa shape index (κ2) is 5.53. The average Bonchev–Trinajstić information content (AvgIpc) is 3.36. The van der Waals surface area contributed by atoms with Gasteiger partial charge in [0.1, 0.15) is 17.5 Å². The van der Waals surface area contributed by atoms with Gasteiger partial charge in [0, 0.05) is 50.5 Å². The Balaban J connectivity index is 1.51. The van der Waals surface area contributed by atoms with Crippen molar-refractivity contribution in [3.05, 3.63) is 36.5 Å². The molecule has 0 amide bonds. The summed E-state index contributed by atoms with van der Waals surface area (Å²) in [4.78, 5) is 11.4. The topological polar surface area (TPSA) is 69.7 Å². The molecule has 0 saturated carbocycles. The Hall–Kier alpha value is -2.45. The monoisotopic (exact) mass is 340 g/mol. The predicted molar refractivity (Wildman–Crippen MR) is 90.9 cm³/mol. The number of hydrogen-bond acceptors (Lipinski definition) is 6. The van der Waals surface area contributed by atoms with Crippen LogP contribution in [0.15, 0.2) is 30.7 Å². The van der Waals surface area contributed by atoms with Crippen molar-refractivity contribution >= 4 is 11.5 Å². The molecule has 8 heteroatoms. The van der Waals surface area contributed by atoms with Crippen LogP contribution in [0.3, 0.4) is 0 Å². The van der Waals surface area contributed by atoms with Crippen molar-refractivity contribution in [1.82, 2.24) is 24.1 Å². The molecule has 2 aliphatic rings. The molecule has 0 bridgehead atoms. The van der Waals surface area contributed by atoms with Gasteiger partial charge in [-0.3, -0.25) is 4.57 Å². The van der Waals surface area contributed by atoms with Gasteiger partial charge in [0.05, 0.1) is 19.4 Å². The third-order valence-electron chi connectivity index (χ3n) is 5.06. The summed E-state index contributed by atoms with van der Waals surface area (Å²) in [7, 11) is 0. The van der Waals surface area contributed by atoms with E-state index >= 15 is 0 Å². The van der Waals surface area contributed by atoms with Crippen molar-refractivity contribution in [2.45, 2.75) is 25.6 Å². The molecule has 8 nitrogen and oxygen atoms in total. The van der Waals surface area contributed by atoms with E-state index in [0.717, 1.165) is 49.0 Å². The number of aryl methyl sites for hydroxylation is 1. The van der Waals surface area contributed by atoms with Crippen LogP contribution in [-0.4, -0.2) is 56.2 Å². The molecule has 25 heavy (non-hydrogen) atoms. The van der Waals surface area contributed by atoms with Crippen molar-refractivity contribution in [3.63, 3.8) is 0 Å². The lowest BCUT2D eigenvalue weighted by atomic mass is 10.0. The molecule has 0 radical (unpaired) electrons. The van der Waals surface area contributed by atoms with Crippen LogP contribution >= 0.6 is 0 Å². The molecule has 5 rings (SSSR count). The maximum absolute atomic E-state index is 5.83. The molecule has 0 aliphatic carbocycles. The highest BCUT2D eigenvalue weighted by Crippen LogP contribution is 2.33. The van der Waals surface area contributed by atoms with Gasteiger partial charge in [0.25, 0.3) is 0 Å². The first kappa shape index (κ1) is 14.9. The summed E-state index contributed by atoms with van der Waals surface area (Å²) >= 11 is 0. The van der Waals surface area contributed by atoms with E-state index in [1.807, 2.05) is 28.3 Å². The van der Waals surface area contributed by atoms with Gasteiger partial charge in [-0.2, -0.15) is 9.61 Å². The van der Waals surface area contributed by atoms with Crippen LogP contribution in [0.5, 0.6) is 0 Å². The Morgan fingerprint density at radius 2 is 1.92 bits per heavy atom. The highest BCUT2D eigenvalue weighted by molar-refractivity contribution is 5.54. The lowest BCUT2D eigenvalue weighted by molar-refractivity contribution is -0.169. The molecular formula is C17H20N6O2. The van der Waals surface area contributed by atoms with Gasteiger partial charge in [0.15, 0.2) is 11.4 Å². The summed E-state index contributed by atoms with van der Waals surface area (Å²) < 4.78 is 15.5. The second-order valence-corrected chi connectivity index (χ2v) is 6.51. The second-order valence-electron chi connectivity index (χ2n) is 6.51. The Morgan fingerprint density at radius 3 is 2.64 bits per heavy atom. The minimum absolute atomic E-state index is 0.374. The van der Waals surface area contributed by atoms with Crippen molar-refractivity contribution in [2.24, 2.45) is 0 Å². The van der Waals surface area contributed by atoms with Gasteiger partial charge in [-0.1, -0.05) is 0 Å². The van der Waals surface area contributed by atoms with Crippen LogP contribution in [0.4, 0.5) is 5.82 Å². The van der Waals surface area contributed by atoms with E-state index in [4.69, 9.17) is 14.5 Å². The molecular weight excluding hydrogens is 320 g/mol. The number of nitrogens with zero attached hydrogens (tertiary/aromatic N) is 6. The summed E-state index contributed by atoms with van der Waals surface area (Å²) in [6.07, 6.45) is 7.23. The van der Waals surface area contributed by atoms with Gasteiger partial charge in [-0.05, 0) is 6.92 Å². The number of piperidine rings is 1. The van der Waals surface area contributed by atoms with Crippen LogP contribution in [-0.2, 0) is 9.47 Å². The lowest BCUT2D eigenvalue weighted by Crippen LogP contribution is -2.45. The molecule has 0 aromatic carbocycles. The van der Waals surface area contributed by atoms with E-state index in [1.54, 1.807) is 12.4 Å². The van der Waals surface area contributed by atoms with Gasteiger partial charge in [-0.15, -0.1) is 0 Å².